The zero-order valence-corrected chi connectivity index (χ0v) is 9.47. The molecule has 1 aromatic rings. The Hall–Kier alpha value is -1.29. The standard InChI is InChI=1S/C12H18N4/c13-12-4-3-10(8-14-12)16-7-6-15-5-1-2-11(15)9-16/h3-4,8,11H,1-2,5-7,9H2,(H2,13,14). The van der Waals surface area contributed by atoms with Crippen LogP contribution in [0.4, 0.5) is 11.5 Å². The Kier molecular flexibility index (Phi) is 2.44. The monoisotopic (exact) mass is 218 g/mol. The second-order valence-corrected chi connectivity index (χ2v) is 4.72. The van der Waals surface area contributed by atoms with Crippen molar-refractivity contribution in [3.05, 3.63) is 18.3 Å². The molecule has 86 valence electrons. The molecule has 2 saturated heterocycles. The molecule has 0 bridgehead atoms. The molecule has 4 nitrogen and oxygen atoms in total. The van der Waals surface area contributed by atoms with Crippen LogP contribution in [0.15, 0.2) is 18.3 Å². The maximum atomic E-state index is 5.60. The third-order valence-electron chi connectivity index (χ3n) is 3.72. The van der Waals surface area contributed by atoms with Gasteiger partial charge in [-0.25, -0.2) is 4.98 Å². The Morgan fingerprint density at radius 1 is 1.25 bits per heavy atom. The van der Waals surface area contributed by atoms with Crippen LogP contribution in [0, 0.1) is 0 Å². The highest BCUT2D eigenvalue weighted by Gasteiger charge is 2.30. The average molecular weight is 218 g/mol. The Bertz CT molecular complexity index is 362. The lowest BCUT2D eigenvalue weighted by atomic mass is 10.1. The molecule has 3 rings (SSSR count). The van der Waals surface area contributed by atoms with Crippen LogP contribution < -0.4 is 10.6 Å². The molecule has 3 heterocycles. The van der Waals surface area contributed by atoms with E-state index < -0.39 is 0 Å². The minimum atomic E-state index is 0.600. The number of nitrogens with zero attached hydrogens (tertiary/aromatic N) is 3. The van der Waals surface area contributed by atoms with Crippen molar-refractivity contribution >= 4 is 11.5 Å². The summed E-state index contributed by atoms with van der Waals surface area (Å²) < 4.78 is 0. The number of aromatic nitrogens is 1. The van der Waals surface area contributed by atoms with Crippen LogP contribution in [0.2, 0.25) is 0 Å². The van der Waals surface area contributed by atoms with Crippen molar-refractivity contribution in [1.29, 1.82) is 0 Å². The van der Waals surface area contributed by atoms with Crippen LogP contribution in [0.1, 0.15) is 12.8 Å². The Morgan fingerprint density at radius 3 is 3.00 bits per heavy atom. The van der Waals surface area contributed by atoms with Gasteiger partial charge in [0.1, 0.15) is 5.82 Å². The van der Waals surface area contributed by atoms with Gasteiger partial charge in [-0.15, -0.1) is 0 Å². The minimum absolute atomic E-state index is 0.600. The molecule has 2 N–H and O–H groups in total. The van der Waals surface area contributed by atoms with Crippen molar-refractivity contribution in [1.82, 2.24) is 9.88 Å². The van der Waals surface area contributed by atoms with E-state index in [1.54, 1.807) is 0 Å². The van der Waals surface area contributed by atoms with Gasteiger partial charge in [0.2, 0.25) is 0 Å². The maximum absolute atomic E-state index is 5.60. The van der Waals surface area contributed by atoms with E-state index in [1.807, 2.05) is 12.3 Å². The van der Waals surface area contributed by atoms with Gasteiger partial charge < -0.3 is 10.6 Å². The van der Waals surface area contributed by atoms with E-state index in [4.69, 9.17) is 5.73 Å². The molecular formula is C12H18N4. The van der Waals surface area contributed by atoms with E-state index in [9.17, 15) is 0 Å². The molecular weight excluding hydrogens is 200 g/mol. The number of piperazine rings is 1. The molecule has 0 saturated carbocycles. The summed E-state index contributed by atoms with van der Waals surface area (Å²) in [6.07, 6.45) is 4.59. The maximum Gasteiger partial charge on any atom is 0.123 e. The summed E-state index contributed by atoms with van der Waals surface area (Å²) in [6.45, 7) is 4.74. The Morgan fingerprint density at radius 2 is 2.19 bits per heavy atom. The highest BCUT2D eigenvalue weighted by atomic mass is 15.3. The van der Waals surface area contributed by atoms with E-state index in [2.05, 4.69) is 20.9 Å². The highest BCUT2D eigenvalue weighted by molar-refractivity contribution is 5.48. The summed E-state index contributed by atoms with van der Waals surface area (Å²) >= 11 is 0. The van der Waals surface area contributed by atoms with Crippen LogP contribution >= 0.6 is 0 Å². The average Bonchev–Trinajstić information content (AvgIpc) is 2.77. The lowest BCUT2D eigenvalue weighted by Crippen LogP contribution is -2.50. The van der Waals surface area contributed by atoms with Crippen molar-refractivity contribution < 1.29 is 0 Å². The van der Waals surface area contributed by atoms with Gasteiger partial charge in [-0.3, -0.25) is 4.90 Å². The van der Waals surface area contributed by atoms with Gasteiger partial charge in [-0.05, 0) is 31.5 Å². The molecule has 0 spiro atoms. The van der Waals surface area contributed by atoms with Gasteiger partial charge in [-0.2, -0.15) is 0 Å². The second kappa shape index (κ2) is 3.94. The van der Waals surface area contributed by atoms with Crippen molar-refractivity contribution in [2.24, 2.45) is 0 Å². The number of pyridine rings is 1. The van der Waals surface area contributed by atoms with E-state index >= 15 is 0 Å². The van der Waals surface area contributed by atoms with Crippen LogP contribution in [-0.4, -0.2) is 42.1 Å². The first-order chi connectivity index (χ1) is 7.83. The summed E-state index contributed by atoms with van der Waals surface area (Å²) in [4.78, 5) is 9.20. The van der Waals surface area contributed by atoms with Gasteiger partial charge in [-0.1, -0.05) is 0 Å². The van der Waals surface area contributed by atoms with Crippen molar-refractivity contribution in [3.8, 4) is 0 Å². The molecule has 0 aliphatic carbocycles. The normalized spacial score (nSPS) is 25.8. The summed E-state index contributed by atoms with van der Waals surface area (Å²) in [6, 6.07) is 4.72. The van der Waals surface area contributed by atoms with Crippen LogP contribution in [0.25, 0.3) is 0 Å². The number of nitrogens with two attached hydrogens (primary N) is 1. The number of hydrogen-bond acceptors (Lipinski definition) is 4. The highest BCUT2D eigenvalue weighted by Crippen LogP contribution is 2.25. The first-order valence-corrected chi connectivity index (χ1v) is 6.03. The number of hydrogen-bond donors (Lipinski definition) is 1. The zero-order valence-electron chi connectivity index (χ0n) is 9.47. The molecule has 16 heavy (non-hydrogen) atoms. The van der Waals surface area contributed by atoms with Gasteiger partial charge in [0.05, 0.1) is 11.9 Å². The zero-order chi connectivity index (χ0) is 11.0. The predicted octanol–water partition coefficient (Wildman–Crippen LogP) is 0.948. The molecule has 2 fully saturated rings. The largest absolute Gasteiger partial charge is 0.384 e. The van der Waals surface area contributed by atoms with Gasteiger partial charge in [0, 0.05) is 25.7 Å². The fourth-order valence-electron chi connectivity index (χ4n) is 2.81. The quantitative estimate of drug-likeness (QED) is 0.762. The number of anilines is 2. The Balaban J connectivity index is 1.74. The lowest BCUT2D eigenvalue weighted by molar-refractivity contribution is 0.231. The molecule has 2 aliphatic rings. The summed E-state index contributed by atoms with van der Waals surface area (Å²) in [5, 5.41) is 0. The first kappa shape index (κ1) is 9.90. The smallest absolute Gasteiger partial charge is 0.123 e. The summed E-state index contributed by atoms with van der Waals surface area (Å²) in [7, 11) is 0. The van der Waals surface area contributed by atoms with Gasteiger partial charge >= 0.3 is 0 Å². The molecule has 4 heteroatoms. The molecule has 0 aromatic carbocycles. The van der Waals surface area contributed by atoms with Gasteiger partial charge in [0.25, 0.3) is 0 Å². The second-order valence-electron chi connectivity index (χ2n) is 4.72. The topological polar surface area (TPSA) is 45.4 Å². The Labute approximate surface area is 96.1 Å². The van der Waals surface area contributed by atoms with Crippen molar-refractivity contribution in [2.45, 2.75) is 18.9 Å². The third-order valence-corrected chi connectivity index (χ3v) is 3.72. The fourth-order valence-corrected chi connectivity index (χ4v) is 2.81. The summed E-state index contributed by atoms with van der Waals surface area (Å²) in [5.41, 5.74) is 6.81. The van der Waals surface area contributed by atoms with E-state index in [-0.39, 0.29) is 0 Å². The lowest BCUT2D eigenvalue weighted by Gasteiger charge is -2.38. The molecule has 2 aliphatic heterocycles. The molecule has 1 atom stereocenters. The molecule has 1 unspecified atom stereocenters. The van der Waals surface area contributed by atoms with Crippen molar-refractivity contribution in [3.63, 3.8) is 0 Å². The fraction of sp³-hybridized carbons (Fsp3) is 0.583. The van der Waals surface area contributed by atoms with E-state index in [1.165, 1.54) is 31.6 Å². The minimum Gasteiger partial charge on any atom is -0.384 e. The molecule has 0 radical (unpaired) electrons. The third kappa shape index (κ3) is 1.73. The molecule has 0 amide bonds. The number of rotatable bonds is 1. The summed E-state index contributed by atoms with van der Waals surface area (Å²) in [5.74, 6) is 0.600. The predicted molar refractivity (Wildman–Crippen MR) is 65.5 cm³/mol. The van der Waals surface area contributed by atoms with E-state index in [0.29, 0.717) is 5.82 Å². The number of nitrogen functional groups attached to an aromatic ring is 1. The SMILES string of the molecule is Nc1ccc(N2CCN3CCCC3C2)cn1. The van der Waals surface area contributed by atoms with Crippen LogP contribution in [0.3, 0.4) is 0 Å². The van der Waals surface area contributed by atoms with Crippen LogP contribution in [-0.2, 0) is 0 Å². The van der Waals surface area contributed by atoms with Gasteiger partial charge in [0.15, 0.2) is 0 Å². The van der Waals surface area contributed by atoms with E-state index in [0.717, 1.165) is 19.1 Å². The van der Waals surface area contributed by atoms with Crippen molar-refractivity contribution in [2.75, 3.05) is 36.8 Å². The number of fused-ring (bicyclic) bond motifs is 1. The first-order valence-electron chi connectivity index (χ1n) is 6.03. The molecule has 1 aromatic heterocycles. The van der Waals surface area contributed by atoms with Crippen LogP contribution in [0.5, 0.6) is 0 Å².